The van der Waals surface area contributed by atoms with Crippen molar-refractivity contribution < 1.29 is 19.5 Å². The number of carbonyl (C=O) groups is 2. The van der Waals surface area contributed by atoms with Crippen LogP contribution in [-0.4, -0.2) is 42.0 Å². The van der Waals surface area contributed by atoms with E-state index in [4.69, 9.17) is 16.3 Å². The van der Waals surface area contributed by atoms with Gasteiger partial charge in [-0.3, -0.25) is 14.8 Å². The summed E-state index contributed by atoms with van der Waals surface area (Å²) in [5.41, 5.74) is 5.61. The van der Waals surface area contributed by atoms with Gasteiger partial charge >= 0.3 is 0 Å². The average molecular weight is 529 g/mol. The van der Waals surface area contributed by atoms with Crippen LogP contribution >= 0.6 is 11.6 Å². The van der Waals surface area contributed by atoms with Gasteiger partial charge in [0.05, 0.1) is 17.7 Å². The lowest BCUT2D eigenvalue weighted by atomic mass is 9.71. The van der Waals surface area contributed by atoms with E-state index in [0.29, 0.717) is 31.0 Å². The Morgan fingerprint density at radius 3 is 2.68 bits per heavy atom. The largest absolute Gasteiger partial charge is 0.492 e. The van der Waals surface area contributed by atoms with Gasteiger partial charge in [-0.25, -0.2) is 5.48 Å². The number of allylic oxidation sites excluding steroid dienone is 5. The Hall–Kier alpha value is -2.57. The van der Waals surface area contributed by atoms with Crippen molar-refractivity contribution in [3.63, 3.8) is 0 Å². The van der Waals surface area contributed by atoms with E-state index in [1.807, 2.05) is 19.9 Å². The topological polar surface area (TPSA) is 78.9 Å². The molecule has 1 saturated carbocycles. The molecule has 202 valence electrons. The first-order valence-electron chi connectivity index (χ1n) is 13.6. The fourth-order valence-electron chi connectivity index (χ4n) is 5.21. The number of nitrogens with zero attached hydrogens (tertiary/aromatic N) is 1. The van der Waals surface area contributed by atoms with Gasteiger partial charge < -0.3 is 9.64 Å². The maximum atomic E-state index is 12.8. The monoisotopic (exact) mass is 528 g/mol. The average Bonchev–Trinajstić information content (AvgIpc) is 2.88. The molecule has 3 rings (SSSR count). The molecule has 0 heterocycles. The van der Waals surface area contributed by atoms with E-state index in [1.165, 1.54) is 11.1 Å². The minimum Gasteiger partial charge on any atom is -0.492 e. The highest BCUT2D eigenvalue weighted by Crippen LogP contribution is 2.39. The van der Waals surface area contributed by atoms with Gasteiger partial charge in [-0.2, -0.15) is 0 Å². The number of ketones is 1. The fourth-order valence-corrected chi connectivity index (χ4v) is 5.47. The Bertz CT molecular complexity index is 1030. The highest BCUT2D eigenvalue weighted by molar-refractivity contribution is 6.22. The van der Waals surface area contributed by atoms with Crippen LogP contribution in [0.1, 0.15) is 76.1 Å². The van der Waals surface area contributed by atoms with E-state index < -0.39 is 5.91 Å². The third-order valence-corrected chi connectivity index (χ3v) is 7.62. The number of alkyl halides is 1. The van der Waals surface area contributed by atoms with Gasteiger partial charge in [-0.15, -0.1) is 11.6 Å². The van der Waals surface area contributed by atoms with Crippen LogP contribution in [0.3, 0.4) is 0 Å². The minimum absolute atomic E-state index is 0.0196. The molecule has 1 amide bonds. The van der Waals surface area contributed by atoms with Crippen LogP contribution in [0.5, 0.6) is 5.75 Å². The number of rotatable bonds is 14. The van der Waals surface area contributed by atoms with Crippen molar-refractivity contribution in [2.45, 2.75) is 71.1 Å². The fraction of sp³-hybridized carbons (Fsp3) is 0.533. The molecule has 2 N–H and O–H groups in total. The summed E-state index contributed by atoms with van der Waals surface area (Å²) in [5, 5.41) is 9.25. The number of hydroxylamine groups is 1. The summed E-state index contributed by atoms with van der Waals surface area (Å²) in [7, 11) is 0. The molecule has 0 saturated heterocycles. The SMILES string of the molecule is CC/C=C/C(=O)C1CCC1CN(CCC1=C(CCC)CC(Cl)C=C1)c1cc(C(=O)NO)ccc1OCC. The Kier molecular flexibility index (Phi) is 11.3. The summed E-state index contributed by atoms with van der Waals surface area (Å²) in [6.45, 7) is 8.05. The van der Waals surface area contributed by atoms with Gasteiger partial charge in [0.2, 0.25) is 0 Å². The molecular formula is C30H41ClN2O4. The molecule has 0 bridgehead atoms. The van der Waals surface area contributed by atoms with Crippen molar-refractivity contribution >= 4 is 29.0 Å². The predicted octanol–water partition coefficient (Wildman–Crippen LogP) is 6.63. The van der Waals surface area contributed by atoms with Gasteiger partial charge in [-0.1, -0.05) is 44.1 Å². The van der Waals surface area contributed by atoms with Crippen LogP contribution in [0, 0.1) is 11.8 Å². The van der Waals surface area contributed by atoms with E-state index in [2.05, 4.69) is 24.0 Å². The maximum absolute atomic E-state index is 12.8. The molecule has 7 heteroatoms. The smallest absolute Gasteiger partial charge is 0.274 e. The molecule has 37 heavy (non-hydrogen) atoms. The molecule has 3 atom stereocenters. The van der Waals surface area contributed by atoms with Crippen LogP contribution < -0.4 is 15.1 Å². The van der Waals surface area contributed by atoms with E-state index in [0.717, 1.165) is 50.6 Å². The summed E-state index contributed by atoms with van der Waals surface area (Å²) in [6.07, 6.45) is 14.4. The number of amides is 1. The van der Waals surface area contributed by atoms with Crippen molar-refractivity contribution in [3.05, 3.63) is 59.2 Å². The molecule has 0 aliphatic heterocycles. The van der Waals surface area contributed by atoms with Crippen molar-refractivity contribution in [2.24, 2.45) is 11.8 Å². The Morgan fingerprint density at radius 2 is 2.03 bits per heavy atom. The van der Waals surface area contributed by atoms with Crippen molar-refractivity contribution in [2.75, 3.05) is 24.6 Å². The molecule has 1 aromatic carbocycles. The second-order valence-corrected chi connectivity index (χ2v) is 10.4. The zero-order chi connectivity index (χ0) is 26.8. The highest BCUT2D eigenvalue weighted by atomic mass is 35.5. The van der Waals surface area contributed by atoms with Crippen LogP contribution in [0.4, 0.5) is 5.69 Å². The Labute approximate surface area is 226 Å². The molecule has 6 nitrogen and oxygen atoms in total. The summed E-state index contributed by atoms with van der Waals surface area (Å²) in [6, 6.07) is 5.20. The second-order valence-electron chi connectivity index (χ2n) is 9.87. The predicted molar refractivity (Wildman–Crippen MR) is 150 cm³/mol. The number of carbonyl (C=O) groups excluding carboxylic acids is 2. The summed E-state index contributed by atoms with van der Waals surface area (Å²) in [5.74, 6) is 0.575. The first-order valence-corrected chi connectivity index (χ1v) is 14.0. The van der Waals surface area contributed by atoms with Crippen LogP contribution in [0.2, 0.25) is 0 Å². The first kappa shape index (κ1) is 29.0. The Balaban J connectivity index is 1.92. The molecule has 1 fully saturated rings. The van der Waals surface area contributed by atoms with E-state index in [-0.39, 0.29) is 23.0 Å². The lowest BCUT2D eigenvalue weighted by Gasteiger charge is -2.40. The van der Waals surface area contributed by atoms with E-state index >= 15 is 0 Å². The maximum Gasteiger partial charge on any atom is 0.274 e. The highest BCUT2D eigenvalue weighted by Gasteiger charge is 2.36. The molecule has 1 aromatic rings. The lowest BCUT2D eigenvalue weighted by Crippen LogP contribution is -2.42. The number of ether oxygens (including phenoxy) is 1. The number of hydrogen-bond acceptors (Lipinski definition) is 5. The normalized spacial score (nSPS) is 21.2. The lowest BCUT2D eigenvalue weighted by molar-refractivity contribution is -0.122. The summed E-state index contributed by atoms with van der Waals surface area (Å²) >= 11 is 6.42. The van der Waals surface area contributed by atoms with Gasteiger partial charge in [0.25, 0.3) is 5.91 Å². The number of halogens is 1. The standard InChI is InChI=1S/C30H41ClN2O4/c1-4-7-9-28(34)26-14-11-24(26)20-33(17-16-21-10-13-25(31)18-22(21)8-5-2)27-19-23(30(35)32-36)12-15-29(27)37-6-3/h7,9-10,12-13,15,19,24-26,36H,4-6,8,11,14,16-18,20H2,1-3H3,(H,32,35)/b9-7+. The number of anilines is 1. The van der Waals surface area contributed by atoms with Crippen molar-refractivity contribution in [1.29, 1.82) is 0 Å². The van der Waals surface area contributed by atoms with E-state index in [9.17, 15) is 14.8 Å². The van der Waals surface area contributed by atoms with Crippen LogP contribution in [0.25, 0.3) is 0 Å². The molecule has 0 spiro atoms. The number of nitrogens with one attached hydrogen (secondary N) is 1. The third kappa shape index (κ3) is 7.71. The van der Waals surface area contributed by atoms with E-state index in [1.54, 1.807) is 29.8 Å². The zero-order valence-electron chi connectivity index (χ0n) is 22.3. The molecule has 2 aliphatic rings. The van der Waals surface area contributed by atoms with Gasteiger partial charge in [0, 0.05) is 24.6 Å². The zero-order valence-corrected chi connectivity index (χ0v) is 23.1. The number of hydrogen-bond donors (Lipinski definition) is 2. The third-order valence-electron chi connectivity index (χ3n) is 7.32. The van der Waals surface area contributed by atoms with Crippen molar-refractivity contribution in [3.8, 4) is 5.75 Å². The quantitative estimate of drug-likeness (QED) is 0.123. The van der Waals surface area contributed by atoms with Gasteiger partial charge in [0.15, 0.2) is 5.78 Å². The Morgan fingerprint density at radius 1 is 1.22 bits per heavy atom. The second kappa shape index (κ2) is 14.4. The molecule has 3 unspecified atom stereocenters. The molecule has 2 aliphatic carbocycles. The van der Waals surface area contributed by atoms with Gasteiger partial charge in [0.1, 0.15) is 5.75 Å². The van der Waals surface area contributed by atoms with Crippen molar-refractivity contribution in [1.82, 2.24) is 5.48 Å². The molecular weight excluding hydrogens is 488 g/mol. The van der Waals surface area contributed by atoms with Gasteiger partial charge in [-0.05, 0) is 81.2 Å². The summed E-state index contributed by atoms with van der Waals surface area (Å²) in [4.78, 5) is 27.3. The first-order chi connectivity index (χ1) is 17.9. The number of benzene rings is 1. The van der Waals surface area contributed by atoms with Crippen LogP contribution in [-0.2, 0) is 4.79 Å². The summed E-state index contributed by atoms with van der Waals surface area (Å²) < 4.78 is 5.96. The molecule has 0 radical (unpaired) electrons. The van der Waals surface area contributed by atoms with Crippen LogP contribution in [0.15, 0.2) is 53.6 Å². The minimum atomic E-state index is -0.568. The molecule has 0 aromatic heterocycles.